The molecular weight excluding hydrogens is 376 g/mol. The zero-order valence-electron chi connectivity index (χ0n) is 17.1. The molecule has 0 spiro atoms. The molecule has 8 nitrogen and oxygen atoms in total. The molecule has 1 aromatic rings. The highest BCUT2D eigenvalue weighted by Gasteiger charge is 2.34. The first kappa shape index (κ1) is 20.8. The number of ether oxygens (including phenoxy) is 3. The summed E-state index contributed by atoms with van der Waals surface area (Å²) in [6.07, 6.45) is 2.73. The Labute approximate surface area is 169 Å². The van der Waals surface area contributed by atoms with Crippen LogP contribution in [0.15, 0.2) is 5.70 Å². The van der Waals surface area contributed by atoms with E-state index in [-0.39, 0.29) is 31.5 Å². The van der Waals surface area contributed by atoms with E-state index in [9.17, 15) is 14.4 Å². The van der Waals surface area contributed by atoms with Crippen molar-refractivity contribution in [1.82, 2.24) is 10.3 Å². The number of aromatic nitrogens is 1. The van der Waals surface area contributed by atoms with Gasteiger partial charge in [0.05, 0.1) is 31.1 Å². The Balaban J connectivity index is 2.13. The number of fused-ring (bicyclic) bond motifs is 2. The average Bonchev–Trinajstić information content (AvgIpc) is 3.31. The Bertz CT molecular complexity index is 874. The van der Waals surface area contributed by atoms with Gasteiger partial charge in [-0.1, -0.05) is 0 Å². The van der Waals surface area contributed by atoms with Gasteiger partial charge < -0.3 is 14.2 Å². The van der Waals surface area contributed by atoms with Gasteiger partial charge in [0.25, 0.3) is 0 Å². The smallest absolute Gasteiger partial charge is 0.411 e. The molecule has 0 radical (unpaired) electrons. The molecule has 156 valence electrons. The molecular formula is C21H26N2O6. The van der Waals surface area contributed by atoms with Gasteiger partial charge in [0.15, 0.2) is 0 Å². The first-order chi connectivity index (χ1) is 14.0. The van der Waals surface area contributed by atoms with Crippen LogP contribution in [-0.4, -0.2) is 42.8 Å². The molecule has 0 unspecified atom stereocenters. The number of aryl methyl sites for hydroxylation is 1. The number of carbonyl (C=O) groups excluding carboxylic acids is 3. The van der Waals surface area contributed by atoms with E-state index in [0.717, 1.165) is 36.1 Å². The highest BCUT2D eigenvalue weighted by atomic mass is 16.6. The quantitative estimate of drug-likeness (QED) is 0.443. The zero-order valence-corrected chi connectivity index (χ0v) is 17.1. The fraction of sp³-hybridized carbons (Fsp3) is 0.524. The van der Waals surface area contributed by atoms with Gasteiger partial charge in [-0.3, -0.25) is 10.3 Å². The molecule has 1 N–H and O–H groups in total. The monoisotopic (exact) mass is 402 g/mol. The van der Waals surface area contributed by atoms with Crippen molar-refractivity contribution >= 4 is 23.6 Å². The Morgan fingerprint density at radius 3 is 2.31 bits per heavy atom. The van der Waals surface area contributed by atoms with Crippen molar-refractivity contribution in [2.24, 2.45) is 0 Å². The van der Waals surface area contributed by atoms with E-state index >= 15 is 0 Å². The van der Waals surface area contributed by atoms with Crippen LogP contribution in [0.4, 0.5) is 4.79 Å². The minimum Gasteiger partial charge on any atom is -0.462 e. The number of amides is 1. The number of hydrogen-bond acceptors (Lipinski definition) is 7. The Morgan fingerprint density at radius 1 is 0.897 bits per heavy atom. The second-order valence-electron chi connectivity index (χ2n) is 6.73. The van der Waals surface area contributed by atoms with Crippen LogP contribution in [0.5, 0.6) is 0 Å². The van der Waals surface area contributed by atoms with Crippen LogP contribution >= 0.6 is 0 Å². The molecule has 29 heavy (non-hydrogen) atoms. The minimum absolute atomic E-state index is 0.0179. The van der Waals surface area contributed by atoms with Crippen LogP contribution in [0.3, 0.4) is 0 Å². The van der Waals surface area contributed by atoms with E-state index in [4.69, 9.17) is 19.2 Å². The molecule has 1 amide bonds. The first-order valence-electron chi connectivity index (χ1n) is 10.1. The van der Waals surface area contributed by atoms with Crippen LogP contribution in [0.2, 0.25) is 0 Å². The lowest BCUT2D eigenvalue weighted by atomic mass is 9.99. The van der Waals surface area contributed by atoms with Crippen LogP contribution in [-0.2, 0) is 38.3 Å². The summed E-state index contributed by atoms with van der Waals surface area (Å²) in [7, 11) is 0. The second kappa shape index (κ2) is 9.07. The standard InChI is InChI=1S/C21H26N2O6/c1-4-27-19(24)16-12-8-7-9-15(12)22-17-13(16)10-11-14(17)18(20(25)28-5-2)23-21(26)29-6-3/h4-11H2,1-3H3,(H,23,26)/b18-14+. The molecule has 0 bridgehead atoms. The predicted molar refractivity (Wildman–Crippen MR) is 104 cm³/mol. The van der Waals surface area contributed by atoms with Crippen molar-refractivity contribution in [3.63, 3.8) is 0 Å². The van der Waals surface area contributed by atoms with Crippen LogP contribution < -0.4 is 5.32 Å². The number of nitrogens with one attached hydrogen (secondary N) is 1. The summed E-state index contributed by atoms with van der Waals surface area (Å²) in [4.78, 5) is 42.0. The van der Waals surface area contributed by atoms with Crippen LogP contribution in [0, 0.1) is 0 Å². The summed E-state index contributed by atoms with van der Waals surface area (Å²) in [5.74, 6) is -1.01. The molecule has 2 aliphatic carbocycles. The van der Waals surface area contributed by atoms with Gasteiger partial charge in [0.2, 0.25) is 0 Å². The van der Waals surface area contributed by atoms with Gasteiger partial charge in [0, 0.05) is 11.3 Å². The van der Waals surface area contributed by atoms with E-state index in [2.05, 4.69) is 5.32 Å². The van der Waals surface area contributed by atoms with Gasteiger partial charge in [-0.25, -0.2) is 14.4 Å². The lowest BCUT2D eigenvalue weighted by Gasteiger charge is -2.15. The van der Waals surface area contributed by atoms with Crippen molar-refractivity contribution in [1.29, 1.82) is 0 Å². The molecule has 0 aromatic carbocycles. The topological polar surface area (TPSA) is 104 Å². The maximum absolute atomic E-state index is 12.7. The van der Waals surface area contributed by atoms with Gasteiger partial charge in [0.1, 0.15) is 5.70 Å². The summed E-state index contributed by atoms with van der Waals surface area (Å²) in [6, 6.07) is 0. The van der Waals surface area contributed by atoms with E-state index in [1.165, 1.54) is 0 Å². The molecule has 1 aromatic heterocycles. The lowest BCUT2D eigenvalue weighted by Crippen LogP contribution is -2.30. The third-order valence-corrected chi connectivity index (χ3v) is 5.00. The number of pyridine rings is 1. The summed E-state index contributed by atoms with van der Waals surface area (Å²) in [6.45, 7) is 5.76. The molecule has 8 heteroatoms. The highest BCUT2D eigenvalue weighted by molar-refractivity contribution is 6.02. The third-order valence-electron chi connectivity index (χ3n) is 5.00. The molecule has 2 aliphatic rings. The van der Waals surface area contributed by atoms with E-state index in [1.807, 2.05) is 0 Å². The first-order valence-corrected chi connectivity index (χ1v) is 10.1. The van der Waals surface area contributed by atoms with Gasteiger partial charge in [-0.2, -0.15) is 0 Å². The van der Waals surface area contributed by atoms with Crippen molar-refractivity contribution in [3.8, 4) is 0 Å². The van der Waals surface area contributed by atoms with Crippen molar-refractivity contribution in [3.05, 3.63) is 33.8 Å². The second-order valence-corrected chi connectivity index (χ2v) is 6.73. The average molecular weight is 402 g/mol. The summed E-state index contributed by atoms with van der Waals surface area (Å²) >= 11 is 0. The number of hydrogen-bond donors (Lipinski definition) is 1. The van der Waals surface area contributed by atoms with Gasteiger partial charge >= 0.3 is 18.0 Å². The van der Waals surface area contributed by atoms with Crippen LogP contribution in [0.1, 0.15) is 66.5 Å². The molecule has 0 aliphatic heterocycles. The summed E-state index contributed by atoms with van der Waals surface area (Å²) in [5.41, 5.74) is 4.28. The highest BCUT2D eigenvalue weighted by Crippen LogP contribution is 2.39. The number of alkyl carbamates (subject to hydrolysis) is 1. The number of allylic oxidation sites excluding steroid dienone is 1. The largest absolute Gasteiger partial charge is 0.462 e. The summed E-state index contributed by atoms with van der Waals surface area (Å²) < 4.78 is 15.4. The Morgan fingerprint density at radius 2 is 1.62 bits per heavy atom. The SMILES string of the molecule is CCOC(=O)N/C(C(=O)OCC)=C1\CCc2c1nc1c(c2C(=O)OCC)CCC1. The molecule has 0 saturated heterocycles. The molecule has 0 atom stereocenters. The number of nitrogens with zero attached hydrogens (tertiary/aromatic N) is 1. The Kier molecular flexibility index (Phi) is 6.51. The van der Waals surface area contributed by atoms with Gasteiger partial charge in [-0.15, -0.1) is 0 Å². The molecule has 0 fully saturated rings. The summed E-state index contributed by atoms with van der Waals surface area (Å²) in [5, 5.41) is 2.51. The minimum atomic E-state index is -0.733. The fourth-order valence-electron chi connectivity index (χ4n) is 3.90. The van der Waals surface area contributed by atoms with E-state index in [1.54, 1.807) is 20.8 Å². The van der Waals surface area contributed by atoms with Crippen molar-refractivity contribution in [2.45, 2.75) is 52.9 Å². The number of esters is 2. The molecule has 1 heterocycles. The fourth-order valence-corrected chi connectivity index (χ4v) is 3.90. The predicted octanol–water partition coefficient (Wildman–Crippen LogP) is 2.71. The van der Waals surface area contributed by atoms with E-state index in [0.29, 0.717) is 29.7 Å². The molecule has 3 rings (SSSR count). The van der Waals surface area contributed by atoms with Crippen molar-refractivity contribution in [2.75, 3.05) is 19.8 Å². The Hall–Kier alpha value is -2.90. The number of rotatable bonds is 6. The zero-order chi connectivity index (χ0) is 21.0. The normalized spacial score (nSPS) is 16.0. The molecule has 0 saturated carbocycles. The maximum atomic E-state index is 12.7. The van der Waals surface area contributed by atoms with Gasteiger partial charge in [-0.05, 0) is 64.0 Å². The maximum Gasteiger partial charge on any atom is 0.411 e. The lowest BCUT2D eigenvalue weighted by molar-refractivity contribution is -0.138. The van der Waals surface area contributed by atoms with Crippen molar-refractivity contribution < 1.29 is 28.6 Å². The third kappa shape index (κ3) is 4.11. The van der Waals surface area contributed by atoms with Crippen LogP contribution in [0.25, 0.3) is 5.57 Å². The number of carbonyl (C=O) groups is 3. The van der Waals surface area contributed by atoms with E-state index < -0.39 is 12.1 Å².